The van der Waals surface area contributed by atoms with E-state index in [0.29, 0.717) is 5.25 Å². The van der Waals surface area contributed by atoms with Gasteiger partial charge in [-0.2, -0.15) is 0 Å². The highest BCUT2D eigenvalue weighted by atomic mass is 32.2. The fourth-order valence-corrected chi connectivity index (χ4v) is 2.59. The van der Waals surface area contributed by atoms with Crippen LogP contribution in [-0.4, -0.2) is 17.8 Å². The van der Waals surface area contributed by atoms with Crippen molar-refractivity contribution in [1.82, 2.24) is 5.32 Å². The number of hydrogen-bond donors (Lipinski definition) is 1. The van der Waals surface area contributed by atoms with Crippen LogP contribution in [0.3, 0.4) is 0 Å². The second-order valence-electron chi connectivity index (χ2n) is 4.38. The molecule has 2 rings (SSSR count). The lowest BCUT2D eigenvalue weighted by atomic mass is 10.2. The first-order chi connectivity index (χ1) is 7.25. The van der Waals surface area contributed by atoms with Gasteiger partial charge in [0.15, 0.2) is 0 Å². The lowest BCUT2D eigenvalue weighted by Gasteiger charge is -2.13. The number of thioether (sulfide) groups is 1. The van der Waals surface area contributed by atoms with Gasteiger partial charge in [0, 0.05) is 22.7 Å². The Kier molecular flexibility index (Phi) is 3.71. The highest BCUT2D eigenvalue weighted by molar-refractivity contribution is 8.00. The normalized spacial score (nSPS) is 17.7. The van der Waals surface area contributed by atoms with E-state index in [0.717, 1.165) is 12.6 Å². The molecule has 0 radical (unpaired) electrons. The molecule has 1 aromatic carbocycles. The van der Waals surface area contributed by atoms with E-state index in [1.54, 1.807) is 0 Å². The van der Waals surface area contributed by atoms with Crippen molar-refractivity contribution in [2.24, 2.45) is 0 Å². The number of hydrogen-bond acceptors (Lipinski definition) is 2. The van der Waals surface area contributed by atoms with Crippen molar-refractivity contribution in [2.45, 2.75) is 42.9 Å². The van der Waals surface area contributed by atoms with Crippen LogP contribution < -0.4 is 5.32 Å². The second-order valence-corrected chi connectivity index (χ2v) is 5.86. The molecule has 1 atom stereocenters. The molecule has 0 aliphatic heterocycles. The highest BCUT2D eigenvalue weighted by Gasteiger charge is 2.21. The zero-order valence-electron chi connectivity index (χ0n) is 9.49. The van der Waals surface area contributed by atoms with Crippen molar-refractivity contribution in [3.63, 3.8) is 0 Å². The molecule has 1 N–H and O–H groups in total. The van der Waals surface area contributed by atoms with Gasteiger partial charge in [0.25, 0.3) is 0 Å². The number of aryl methyl sites for hydroxylation is 1. The van der Waals surface area contributed by atoms with Crippen LogP contribution in [0.2, 0.25) is 0 Å². The predicted octanol–water partition coefficient (Wildman–Crippen LogP) is 3.23. The summed E-state index contributed by atoms with van der Waals surface area (Å²) in [6.07, 6.45) is 2.75. The largest absolute Gasteiger partial charge is 0.313 e. The van der Waals surface area contributed by atoms with Crippen LogP contribution in [0, 0.1) is 6.92 Å². The molecule has 0 saturated heterocycles. The molecule has 2 heteroatoms. The van der Waals surface area contributed by atoms with Crippen molar-refractivity contribution in [1.29, 1.82) is 0 Å². The molecular formula is C13H19NS. The number of nitrogens with one attached hydrogen (secondary N) is 1. The second kappa shape index (κ2) is 5.04. The Hall–Kier alpha value is -0.470. The molecule has 1 unspecified atom stereocenters. The van der Waals surface area contributed by atoms with Gasteiger partial charge in [-0.3, -0.25) is 0 Å². The van der Waals surface area contributed by atoms with Crippen LogP contribution in [0.1, 0.15) is 25.3 Å². The van der Waals surface area contributed by atoms with E-state index in [2.05, 4.69) is 43.4 Å². The molecular weight excluding hydrogens is 202 g/mol. The minimum Gasteiger partial charge on any atom is -0.313 e. The Morgan fingerprint density at radius 1 is 1.40 bits per heavy atom. The molecule has 0 amide bonds. The maximum Gasteiger partial charge on any atom is 0.0191 e. The van der Waals surface area contributed by atoms with E-state index in [4.69, 9.17) is 0 Å². The molecule has 1 aromatic rings. The lowest BCUT2D eigenvalue weighted by Crippen LogP contribution is -2.24. The molecule has 1 fully saturated rings. The third-order valence-electron chi connectivity index (χ3n) is 2.69. The van der Waals surface area contributed by atoms with Gasteiger partial charge < -0.3 is 5.32 Å². The van der Waals surface area contributed by atoms with Gasteiger partial charge in [-0.05, 0) is 31.4 Å². The molecule has 0 heterocycles. The molecule has 1 saturated carbocycles. The SMILES string of the molecule is Cc1ccccc1SC(C)CNC1CC1. The smallest absolute Gasteiger partial charge is 0.0191 e. The maximum absolute atomic E-state index is 3.58. The third-order valence-corrected chi connectivity index (χ3v) is 3.97. The Balaban J connectivity index is 1.81. The number of rotatable bonds is 5. The van der Waals surface area contributed by atoms with E-state index in [1.165, 1.54) is 23.3 Å². The van der Waals surface area contributed by atoms with Crippen molar-refractivity contribution in [3.05, 3.63) is 29.8 Å². The van der Waals surface area contributed by atoms with Crippen LogP contribution in [-0.2, 0) is 0 Å². The Labute approximate surface area is 96.7 Å². The summed E-state index contributed by atoms with van der Waals surface area (Å²) in [7, 11) is 0. The zero-order valence-corrected chi connectivity index (χ0v) is 10.3. The van der Waals surface area contributed by atoms with Crippen LogP contribution in [0.15, 0.2) is 29.2 Å². The van der Waals surface area contributed by atoms with Gasteiger partial charge in [0.1, 0.15) is 0 Å². The van der Waals surface area contributed by atoms with Crippen molar-refractivity contribution < 1.29 is 0 Å². The van der Waals surface area contributed by atoms with Crippen LogP contribution in [0.5, 0.6) is 0 Å². The standard InChI is InChI=1S/C13H19NS/c1-10-5-3-4-6-13(10)15-11(2)9-14-12-7-8-12/h3-6,11-12,14H,7-9H2,1-2H3. The molecule has 1 aliphatic carbocycles. The van der Waals surface area contributed by atoms with E-state index in [1.807, 2.05) is 11.8 Å². The summed E-state index contributed by atoms with van der Waals surface area (Å²) < 4.78 is 0. The average molecular weight is 221 g/mol. The summed E-state index contributed by atoms with van der Waals surface area (Å²) in [4.78, 5) is 1.42. The zero-order chi connectivity index (χ0) is 10.7. The topological polar surface area (TPSA) is 12.0 Å². The van der Waals surface area contributed by atoms with Gasteiger partial charge in [-0.1, -0.05) is 25.1 Å². The summed E-state index contributed by atoms with van der Waals surface area (Å²) in [5.74, 6) is 0. The molecule has 1 nitrogen and oxygen atoms in total. The molecule has 0 aromatic heterocycles. The van der Waals surface area contributed by atoms with E-state index in [-0.39, 0.29) is 0 Å². The van der Waals surface area contributed by atoms with Crippen LogP contribution in [0.25, 0.3) is 0 Å². The Morgan fingerprint density at radius 3 is 2.80 bits per heavy atom. The Bertz CT molecular complexity index is 320. The van der Waals surface area contributed by atoms with E-state index in [9.17, 15) is 0 Å². The van der Waals surface area contributed by atoms with Crippen molar-refractivity contribution >= 4 is 11.8 Å². The highest BCUT2D eigenvalue weighted by Crippen LogP contribution is 2.26. The first-order valence-electron chi connectivity index (χ1n) is 5.71. The molecule has 0 bridgehead atoms. The van der Waals surface area contributed by atoms with Gasteiger partial charge in [0.2, 0.25) is 0 Å². The van der Waals surface area contributed by atoms with E-state index < -0.39 is 0 Å². The summed E-state index contributed by atoms with van der Waals surface area (Å²) in [5.41, 5.74) is 1.39. The fourth-order valence-electron chi connectivity index (χ4n) is 1.57. The fraction of sp³-hybridized carbons (Fsp3) is 0.538. The molecule has 82 valence electrons. The minimum atomic E-state index is 0.659. The summed E-state index contributed by atoms with van der Waals surface area (Å²) in [5, 5.41) is 4.23. The first kappa shape index (κ1) is 11.0. The summed E-state index contributed by atoms with van der Waals surface area (Å²) in [6, 6.07) is 9.45. The van der Waals surface area contributed by atoms with Crippen molar-refractivity contribution in [2.75, 3.05) is 6.54 Å². The number of benzene rings is 1. The third kappa shape index (κ3) is 3.54. The van der Waals surface area contributed by atoms with Gasteiger partial charge in [-0.25, -0.2) is 0 Å². The lowest BCUT2D eigenvalue weighted by molar-refractivity contribution is 0.679. The van der Waals surface area contributed by atoms with Crippen LogP contribution >= 0.6 is 11.8 Å². The van der Waals surface area contributed by atoms with Gasteiger partial charge in [-0.15, -0.1) is 11.8 Å². The maximum atomic E-state index is 3.58. The van der Waals surface area contributed by atoms with E-state index >= 15 is 0 Å². The monoisotopic (exact) mass is 221 g/mol. The van der Waals surface area contributed by atoms with Crippen LogP contribution in [0.4, 0.5) is 0 Å². The quantitative estimate of drug-likeness (QED) is 0.766. The summed E-state index contributed by atoms with van der Waals surface area (Å²) >= 11 is 1.98. The molecule has 1 aliphatic rings. The molecule has 15 heavy (non-hydrogen) atoms. The Morgan fingerprint density at radius 2 is 2.13 bits per heavy atom. The van der Waals surface area contributed by atoms with Crippen molar-refractivity contribution in [3.8, 4) is 0 Å². The average Bonchev–Trinajstić information content (AvgIpc) is 3.02. The predicted molar refractivity (Wildman–Crippen MR) is 67.5 cm³/mol. The van der Waals surface area contributed by atoms with Gasteiger partial charge >= 0.3 is 0 Å². The first-order valence-corrected chi connectivity index (χ1v) is 6.59. The molecule has 0 spiro atoms. The van der Waals surface area contributed by atoms with Gasteiger partial charge in [0.05, 0.1) is 0 Å². The summed E-state index contributed by atoms with van der Waals surface area (Å²) in [6.45, 7) is 5.61. The minimum absolute atomic E-state index is 0.659.